The molecule has 2 atom stereocenters. The second-order valence-electron chi connectivity index (χ2n) is 5.56. The molecule has 1 fully saturated rings. The van der Waals surface area contributed by atoms with Crippen molar-refractivity contribution in [3.8, 4) is 0 Å². The van der Waals surface area contributed by atoms with E-state index in [2.05, 4.69) is 55.0 Å². The number of nitrogens with zero attached hydrogens (tertiary/aromatic N) is 2. The van der Waals surface area contributed by atoms with Crippen LogP contribution in [0.5, 0.6) is 0 Å². The third-order valence-electron chi connectivity index (χ3n) is 3.83. The van der Waals surface area contributed by atoms with Gasteiger partial charge in [0.2, 0.25) is 0 Å². The van der Waals surface area contributed by atoms with Gasteiger partial charge in [-0.05, 0) is 26.5 Å². The van der Waals surface area contributed by atoms with Crippen LogP contribution in [-0.4, -0.2) is 53.7 Å². The van der Waals surface area contributed by atoms with E-state index >= 15 is 0 Å². The Bertz CT molecular complexity index is 377. The Labute approximate surface area is 110 Å². The van der Waals surface area contributed by atoms with E-state index in [0.717, 1.165) is 19.6 Å². The van der Waals surface area contributed by atoms with Gasteiger partial charge in [0.1, 0.15) is 0 Å². The van der Waals surface area contributed by atoms with Crippen LogP contribution in [0.4, 0.5) is 0 Å². The summed E-state index contributed by atoms with van der Waals surface area (Å²) in [5.74, 6) is 0. The van der Waals surface area contributed by atoms with E-state index in [4.69, 9.17) is 0 Å². The molecule has 18 heavy (non-hydrogen) atoms. The van der Waals surface area contributed by atoms with E-state index in [0.29, 0.717) is 6.04 Å². The fraction of sp³-hybridized carbons (Fsp3) is 0.600. The normalized spacial score (nSPS) is 26.4. The predicted octanol–water partition coefficient (Wildman–Crippen LogP) is 1.49. The van der Waals surface area contributed by atoms with E-state index in [1.165, 1.54) is 11.1 Å². The number of aliphatic hydroxyl groups excluding tert-OH is 1. The summed E-state index contributed by atoms with van der Waals surface area (Å²) in [4.78, 5) is 4.72. The van der Waals surface area contributed by atoms with Crippen LogP contribution in [-0.2, 0) is 6.54 Å². The van der Waals surface area contributed by atoms with Gasteiger partial charge in [-0.25, -0.2) is 0 Å². The molecule has 1 N–H and O–H groups in total. The molecule has 0 aliphatic carbocycles. The molecule has 1 aromatic carbocycles. The van der Waals surface area contributed by atoms with Crippen molar-refractivity contribution in [2.24, 2.45) is 0 Å². The molecule has 1 aliphatic rings. The standard InChI is InChI=1S/C15H24N2O/c1-12-4-6-14(7-5-12)9-17-13(2)8-16(3)10-15(17)11-18/h4-7,13,15,18H,8-11H2,1-3H3. The fourth-order valence-electron chi connectivity index (χ4n) is 2.81. The van der Waals surface area contributed by atoms with Gasteiger partial charge < -0.3 is 10.0 Å². The number of rotatable bonds is 3. The second-order valence-corrected chi connectivity index (χ2v) is 5.56. The van der Waals surface area contributed by atoms with Crippen LogP contribution in [0.3, 0.4) is 0 Å². The van der Waals surface area contributed by atoms with Gasteiger partial charge in [-0.1, -0.05) is 29.8 Å². The minimum atomic E-state index is 0.237. The molecule has 3 heteroatoms. The van der Waals surface area contributed by atoms with Crippen LogP contribution in [0.25, 0.3) is 0 Å². The minimum Gasteiger partial charge on any atom is -0.395 e. The number of aliphatic hydroxyl groups is 1. The number of aryl methyl sites for hydroxylation is 1. The third-order valence-corrected chi connectivity index (χ3v) is 3.83. The summed E-state index contributed by atoms with van der Waals surface area (Å²) in [7, 11) is 2.13. The van der Waals surface area contributed by atoms with Gasteiger partial charge >= 0.3 is 0 Å². The van der Waals surface area contributed by atoms with E-state index < -0.39 is 0 Å². The molecule has 1 saturated heterocycles. The molecular formula is C15H24N2O. The topological polar surface area (TPSA) is 26.7 Å². The van der Waals surface area contributed by atoms with Crippen LogP contribution >= 0.6 is 0 Å². The summed E-state index contributed by atoms with van der Waals surface area (Å²) >= 11 is 0. The zero-order chi connectivity index (χ0) is 13.1. The Kier molecular flexibility index (Phi) is 4.38. The van der Waals surface area contributed by atoms with Crippen LogP contribution in [0.1, 0.15) is 18.1 Å². The van der Waals surface area contributed by atoms with Gasteiger partial charge in [0.25, 0.3) is 0 Å². The third kappa shape index (κ3) is 3.10. The lowest BCUT2D eigenvalue weighted by molar-refractivity contribution is 0.00855. The maximum atomic E-state index is 9.55. The highest BCUT2D eigenvalue weighted by atomic mass is 16.3. The van der Waals surface area contributed by atoms with Crippen molar-refractivity contribution in [2.45, 2.75) is 32.5 Å². The summed E-state index contributed by atoms with van der Waals surface area (Å²) < 4.78 is 0. The largest absolute Gasteiger partial charge is 0.395 e. The van der Waals surface area contributed by atoms with Gasteiger partial charge in [0, 0.05) is 31.7 Å². The summed E-state index contributed by atoms with van der Waals surface area (Å²) in [5, 5.41) is 9.55. The molecule has 0 radical (unpaired) electrons. The van der Waals surface area contributed by atoms with Crippen LogP contribution in [0.15, 0.2) is 24.3 Å². The summed E-state index contributed by atoms with van der Waals surface area (Å²) in [6, 6.07) is 9.43. The van der Waals surface area contributed by atoms with Gasteiger partial charge in [-0.2, -0.15) is 0 Å². The molecule has 0 saturated carbocycles. The SMILES string of the molecule is Cc1ccc(CN2C(C)CN(C)CC2CO)cc1. The molecule has 2 rings (SSSR count). The van der Waals surface area contributed by atoms with Crippen molar-refractivity contribution >= 4 is 0 Å². The molecule has 3 nitrogen and oxygen atoms in total. The Morgan fingerprint density at radius 2 is 1.89 bits per heavy atom. The lowest BCUT2D eigenvalue weighted by Gasteiger charge is -2.44. The molecule has 100 valence electrons. The van der Waals surface area contributed by atoms with Gasteiger partial charge in [-0.15, -0.1) is 0 Å². The van der Waals surface area contributed by atoms with E-state index in [9.17, 15) is 5.11 Å². The first-order chi connectivity index (χ1) is 8.60. The van der Waals surface area contributed by atoms with Crippen molar-refractivity contribution in [1.29, 1.82) is 0 Å². The number of hydrogen-bond acceptors (Lipinski definition) is 3. The van der Waals surface area contributed by atoms with Crippen molar-refractivity contribution < 1.29 is 5.11 Å². The van der Waals surface area contributed by atoms with Gasteiger partial charge in [0.15, 0.2) is 0 Å². The molecule has 0 amide bonds. The summed E-state index contributed by atoms with van der Waals surface area (Å²) in [5.41, 5.74) is 2.62. The number of benzene rings is 1. The number of piperazine rings is 1. The van der Waals surface area contributed by atoms with Crippen molar-refractivity contribution in [3.05, 3.63) is 35.4 Å². The summed E-state index contributed by atoms with van der Waals surface area (Å²) in [6.07, 6.45) is 0. The molecule has 1 aromatic rings. The molecule has 0 bridgehead atoms. The highest BCUT2D eigenvalue weighted by molar-refractivity contribution is 5.21. The summed E-state index contributed by atoms with van der Waals surface area (Å²) in [6.45, 7) is 7.54. The van der Waals surface area contributed by atoms with Crippen molar-refractivity contribution in [2.75, 3.05) is 26.7 Å². The average molecular weight is 248 g/mol. The first kappa shape index (κ1) is 13.5. The Balaban J connectivity index is 2.08. The minimum absolute atomic E-state index is 0.237. The molecule has 0 spiro atoms. The highest BCUT2D eigenvalue weighted by Gasteiger charge is 2.29. The zero-order valence-corrected chi connectivity index (χ0v) is 11.6. The number of hydrogen-bond donors (Lipinski definition) is 1. The maximum Gasteiger partial charge on any atom is 0.0599 e. The van der Waals surface area contributed by atoms with Crippen LogP contribution < -0.4 is 0 Å². The molecule has 2 unspecified atom stereocenters. The predicted molar refractivity (Wildman–Crippen MR) is 74.6 cm³/mol. The lowest BCUT2D eigenvalue weighted by atomic mass is 10.1. The maximum absolute atomic E-state index is 9.55. The lowest BCUT2D eigenvalue weighted by Crippen LogP contribution is -2.57. The molecule has 1 aliphatic heterocycles. The Hall–Kier alpha value is -0.900. The Morgan fingerprint density at radius 3 is 2.50 bits per heavy atom. The fourth-order valence-corrected chi connectivity index (χ4v) is 2.81. The molecular weight excluding hydrogens is 224 g/mol. The van der Waals surface area contributed by atoms with Crippen LogP contribution in [0.2, 0.25) is 0 Å². The second kappa shape index (κ2) is 5.83. The van der Waals surface area contributed by atoms with Crippen molar-refractivity contribution in [3.63, 3.8) is 0 Å². The van der Waals surface area contributed by atoms with Gasteiger partial charge in [-0.3, -0.25) is 4.90 Å². The Morgan fingerprint density at radius 1 is 1.22 bits per heavy atom. The monoisotopic (exact) mass is 248 g/mol. The highest BCUT2D eigenvalue weighted by Crippen LogP contribution is 2.18. The molecule has 1 heterocycles. The first-order valence-electron chi connectivity index (χ1n) is 6.71. The van der Waals surface area contributed by atoms with Gasteiger partial charge in [0.05, 0.1) is 6.61 Å². The van der Waals surface area contributed by atoms with E-state index in [-0.39, 0.29) is 12.6 Å². The van der Waals surface area contributed by atoms with Crippen molar-refractivity contribution in [1.82, 2.24) is 9.80 Å². The molecule has 0 aromatic heterocycles. The quantitative estimate of drug-likeness (QED) is 0.878. The van der Waals surface area contributed by atoms with E-state index in [1.54, 1.807) is 0 Å². The van der Waals surface area contributed by atoms with Crippen LogP contribution in [0, 0.1) is 6.92 Å². The first-order valence-corrected chi connectivity index (χ1v) is 6.71. The average Bonchev–Trinajstić information content (AvgIpc) is 2.34. The zero-order valence-electron chi connectivity index (χ0n) is 11.6. The van der Waals surface area contributed by atoms with E-state index in [1.807, 2.05) is 0 Å². The number of likely N-dealkylation sites (N-methyl/N-ethyl adjacent to an activating group) is 1. The smallest absolute Gasteiger partial charge is 0.0599 e.